The van der Waals surface area contributed by atoms with E-state index >= 15 is 0 Å². The zero-order valence-corrected chi connectivity index (χ0v) is 13.8. The van der Waals surface area contributed by atoms with E-state index in [1.54, 1.807) is 6.07 Å². The van der Waals surface area contributed by atoms with Gasteiger partial charge in [-0.3, -0.25) is 4.90 Å². The fourth-order valence-corrected chi connectivity index (χ4v) is 2.90. The predicted molar refractivity (Wildman–Crippen MR) is 85.1 cm³/mol. The number of piperidine rings is 1. The second kappa shape index (κ2) is 8.82. The number of likely N-dealkylation sites (tertiary alicyclic amines) is 1. The normalized spacial score (nSPS) is 19.4. The van der Waals surface area contributed by atoms with E-state index in [1.165, 1.54) is 25.0 Å². The maximum Gasteiger partial charge on any atom is 0.128 e. The number of hydrogen-bond donors (Lipinski definition) is 1. The molecule has 114 valence electrons. The average Bonchev–Trinajstić information content (AvgIpc) is 2.38. The molecule has 0 aromatic heterocycles. The summed E-state index contributed by atoms with van der Waals surface area (Å²) in [7, 11) is 0. The van der Waals surface area contributed by atoms with E-state index in [9.17, 15) is 4.39 Å². The fraction of sp³-hybridized carbons (Fsp3) is 0.571. The average molecular weight is 368 g/mol. The Bertz CT molecular complexity index is 402. The van der Waals surface area contributed by atoms with Crippen molar-refractivity contribution in [2.45, 2.75) is 12.8 Å². The van der Waals surface area contributed by atoms with Gasteiger partial charge in [0, 0.05) is 23.6 Å². The van der Waals surface area contributed by atoms with Crippen LogP contribution in [0.2, 0.25) is 0 Å². The lowest BCUT2D eigenvalue weighted by Gasteiger charge is -2.31. The lowest BCUT2D eigenvalue weighted by Crippen LogP contribution is -2.40. The standard InChI is InChI=1S/C14H20BrFN2O.ClH/c15-12-6-13(16)8-14(7-12)19-5-4-18-3-1-2-11(9-17)10-18;/h6-8,11H,1-5,9-10,17H2;1H. The van der Waals surface area contributed by atoms with Gasteiger partial charge in [0.1, 0.15) is 18.2 Å². The van der Waals surface area contributed by atoms with E-state index in [0.717, 1.165) is 26.2 Å². The highest BCUT2D eigenvalue weighted by molar-refractivity contribution is 9.10. The van der Waals surface area contributed by atoms with E-state index in [4.69, 9.17) is 10.5 Å². The summed E-state index contributed by atoms with van der Waals surface area (Å²) in [5.74, 6) is 0.891. The van der Waals surface area contributed by atoms with E-state index in [1.807, 2.05) is 0 Å². The SMILES string of the molecule is Cl.NCC1CCCN(CCOc2cc(F)cc(Br)c2)C1. The number of nitrogens with zero attached hydrogens (tertiary/aromatic N) is 1. The van der Waals surface area contributed by atoms with Crippen LogP contribution in [-0.4, -0.2) is 37.7 Å². The molecule has 0 amide bonds. The Kier molecular flexibility index (Phi) is 7.80. The third-order valence-corrected chi connectivity index (χ3v) is 3.91. The summed E-state index contributed by atoms with van der Waals surface area (Å²) in [4.78, 5) is 2.37. The molecule has 1 saturated heterocycles. The van der Waals surface area contributed by atoms with Crippen molar-refractivity contribution in [3.8, 4) is 5.75 Å². The monoisotopic (exact) mass is 366 g/mol. The number of benzene rings is 1. The molecule has 0 spiro atoms. The maximum absolute atomic E-state index is 13.2. The van der Waals surface area contributed by atoms with Gasteiger partial charge in [0.05, 0.1) is 0 Å². The molecule has 1 aromatic rings. The third kappa shape index (κ3) is 5.56. The summed E-state index contributed by atoms with van der Waals surface area (Å²) in [6.45, 7) is 4.35. The van der Waals surface area contributed by atoms with Crippen molar-refractivity contribution in [1.29, 1.82) is 0 Å². The summed E-state index contributed by atoms with van der Waals surface area (Å²) in [6.07, 6.45) is 2.43. The molecule has 1 atom stereocenters. The maximum atomic E-state index is 13.2. The van der Waals surface area contributed by atoms with Crippen molar-refractivity contribution < 1.29 is 9.13 Å². The van der Waals surface area contributed by atoms with E-state index in [0.29, 0.717) is 22.7 Å². The highest BCUT2D eigenvalue weighted by Crippen LogP contribution is 2.21. The molecule has 1 unspecified atom stereocenters. The molecule has 2 rings (SSSR count). The first-order chi connectivity index (χ1) is 9.17. The molecule has 6 heteroatoms. The van der Waals surface area contributed by atoms with Crippen LogP contribution in [0.3, 0.4) is 0 Å². The fourth-order valence-electron chi connectivity index (χ4n) is 2.45. The molecule has 1 aliphatic heterocycles. The Balaban J connectivity index is 0.00000200. The molecule has 1 aromatic carbocycles. The molecule has 0 aliphatic carbocycles. The minimum atomic E-state index is -0.287. The molecule has 3 nitrogen and oxygen atoms in total. The van der Waals surface area contributed by atoms with E-state index in [2.05, 4.69) is 20.8 Å². The number of nitrogens with two attached hydrogens (primary N) is 1. The quantitative estimate of drug-likeness (QED) is 0.869. The third-order valence-electron chi connectivity index (χ3n) is 3.45. The first-order valence-corrected chi connectivity index (χ1v) is 7.48. The minimum Gasteiger partial charge on any atom is -0.492 e. The van der Waals surface area contributed by atoms with Crippen LogP contribution in [0.4, 0.5) is 4.39 Å². The van der Waals surface area contributed by atoms with Gasteiger partial charge in [-0.25, -0.2) is 4.39 Å². The van der Waals surface area contributed by atoms with Crippen molar-refractivity contribution in [1.82, 2.24) is 4.90 Å². The molecular formula is C14H21BrClFN2O. The van der Waals surface area contributed by atoms with Crippen molar-refractivity contribution in [2.24, 2.45) is 11.7 Å². The number of halogens is 3. The van der Waals surface area contributed by atoms with Crippen molar-refractivity contribution in [3.63, 3.8) is 0 Å². The highest BCUT2D eigenvalue weighted by Gasteiger charge is 2.18. The van der Waals surface area contributed by atoms with Crippen molar-refractivity contribution in [2.75, 3.05) is 32.8 Å². The largest absolute Gasteiger partial charge is 0.492 e. The number of rotatable bonds is 5. The second-order valence-corrected chi connectivity index (χ2v) is 5.91. The zero-order valence-electron chi connectivity index (χ0n) is 11.4. The van der Waals surface area contributed by atoms with Gasteiger partial charge < -0.3 is 10.5 Å². The minimum absolute atomic E-state index is 0. The summed E-state index contributed by atoms with van der Waals surface area (Å²) in [5, 5.41) is 0. The number of hydrogen-bond acceptors (Lipinski definition) is 3. The summed E-state index contributed by atoms with van der Waals surface area (Å²) in [6, 6.07) is 4.61. The molecule has 0 radical (unpaired) electrons. The molecule has 1 fully saturated rings. The van der Waals surface area contributed by atoms with Crippen molar-refractivity contribution >= 4 is 28.3 Å². The van der Waals surface area contributed by atoms with Crippen LogP contribution in [0, 0.1) is 11.7 Å². The van der Waals surface area contributed by atoms with Gasteiger partial charge in [0.15, 0.2) is 0 Å². The first kappa shape index (κ1) is 17.7. The summed E-state index contributed by atoms with van der Waals surface area (Å²) >= 11 is 3.25. The Morgan fingerprint density at radius 2 is 2.20 bits per heavy atom. The first-order valence-electron chi connectivity index (χ1n) is 6.68. The molecule has 0 saturated carbocycles. The molecular weight excluding hydrogens is 347 g/mol. The zero-order chi connectivity index (χ0) is 13.7. The molecule has 0 bridgehead atoms. The van der Waals surface area contributed by atoms with Crippen LogP contribution >= 0.6 is 28.3 Å². The molecule has 2 N–H and O–H groups in total. The van der Waals surface area contributed by atoms with Gasteiger partial charge in [-0.2, -0.15) is 0 Å². The van der Waals surface area contributed by atoms with Crippen molar-refractivity contribution in [3.05, 3.63) is 28.5 Å². The van der Waals surface area contributed by atoms with Gasteiger partial charge in [0.2, 0.25) is 0 Å². The van der Waals surface area contributed by atoms with Crippen LogP contribution in [0.15, 0.2) is 22.7 Å². The number of ether oxygens (including phenoxy) is 1. The van der Waals surface area contributed by atoms with Crippen LogP contribution in [0.1, 0.15) is 12.8 Å². The van der Waals surface area contributed by atoms with Crippen LogP contribution in [0.5, 0.6) is 5.75 Å². The summed E-state index contributed by atoms with van der Waals surface area (Å²) < 4.78 is 19.5. The lowest BCUT2D eigenvalue weighted by molar-refractivity contribution is 0.149. The Morgan fingerprint density at radius 1 is 1.40 bits per heavy atom. The van der Waals surface area contributed by atoms with E-state index < -0.39 is 0 Å². The second-order valence-electron chi connectivity index (χ2n) is 5.00. The molecule has 1 aliphatic rings. The van der Waals surface area contributed by atoms with E-state index in [-0.39, 0.29) is 18.2 Å². The van der Waals surface area contributed by atoms with Gasteiger partial charge in [0.25, 0.3) is 0 Å². The van der Waals surface area contributed by atoms with Gasteiger partial charge >= 0.3 is 0 Å². The van der Waals surface area contributed by atoms with Crippen LogP contribution < -0.4 is 10.5 Å². The summed E-state index contributed by atoms with van der Waals surface area (Å²) in [5.41, 5.74) is 5.71. The topological polar surface area (TPSA) is 38.5 Å². The van der Waals surface area contributed by atoms with Crippen LogP contribution in [0.25, 0.3) is 0 Å². The predicted octanol–water partition coefficient (Wildman–Crippen LogP) is 3.06. The Hall–Kier alpha value is -0.360. The highest BCUT2D eigenvalue weighted by atomic mass is 79.9. The smallest absolute Gasteiger partial charge is 0.128 e. The molecule has 1 heterocycles. The van der Waals surface area contributed by atoms with Gasteiger partial charge in [-0.15, -0.1) is 12.4 Å². The van der Waals surface area contributed by atoms with Gasteiger partial charge in [-0.05, 0) is 44.0 Å². The lowest BCUT2D eigenvalue weighted by atomic mass is 9.98. The van der Waals surface area contributed by atoms with Crippen LogP contribution in [-0.2, 0) is 0 Å². The molecule has 20 heavy (non-hydrogen) atoms. The Morgan fingerprint density at radius 3 is 2.90 bits per heavy atom. The van der Waals surface area contributed by atoms with Gasteiger partial charge in [-0.1, -0.05) is 15.9 Å². The Labute approximate surface area is 134 Å².